The predicted octanol–water partition coefficient (Wildman–Crippen LogP) is 13.5. The van der Waals surface area contributed by atoms with Gasteiger partial charge in [-0.15, -0.1) is 0 Å². The van der Waals surface area contributed by atoms with Gasteiger partial charge in [0.1, 0.15) is 22.3 Å². The number of nitrogens with zero attached hydrogens (tertiary/aromatic N) is 3. The Kier molecular flexibility index (Phi) is 5.06. The first-order valence-electron chi connectivity index (χ1n) is 18.0. The van der Waals surface area contributed by atoms with Crippen molar-refractivity contribution in [2.24, 2.45) is 0 Å². The lowest BCUT2D eigenvalue weighted by Gasteiger charge is -2.25. The molecule has 0 bridgehead atoms. The topological polar surface area (TPSA) is 38.3 Å². The third-order valence-corrected chi connectivity index (χ3v) is 11.4. The maximum absolute atomic E-state index is 6.66. The number of para-hydroxylation sites is 5. The van der Waals surface area contributed by atoms with Crippen molar-refractivity contribution in [2.75, 3.05) is 4.90 Å². The fraction of sp³-hybridized carbons (Fsp3) is 0. The van der Waals surface area contributed by atoms with Crippen LogP contribution in [0.4, 0.5) is 17.1 Å². The Bertz CT molecular complexity index is 3640. The lowest BCUT2D eigenvalue weighted by Crippen LogP contribution is -2.09. The summed E-state index contributed by atoms with van der Waals surface area (Å²) in [7, 11) is 0. The van der Waals surface area contributed by atoms with Crippen LogP contribution in [0.25, 0.3) is 98.5 Å². The van der Waals surface area contributed by atoms with Crippen LogP contribution in [-0.2, 0) is 0 Å². The molecule has 0 saturated heterocycles. The Balaban J connectivity index is 1.13. The summed E-state index contributed by atoms with van der Waals surface area (Å²) in [5, 5.41) is 9.39. The number of hydrogen-bond donors (Lipinski definition) is 0. The van der Waals surface area contributed by atoms with Gasteiger partial charge in [0.2, 0.25) is 0 Å². The van der Waals surface area contributed by atoms with Gasteiger partial charge >= 0.3 is 0 Å². The molecule has 0 atom stereocenters. The van der Waals surface area contributed by atoms with Gasteiger partial charge in [-0.05, 0) is 84.9 Å². The highest BCUT2D eigenvalue weighted by molar-refractivity contribution is 6.30. The van der Waals surface area contributed by atoms with E-state index in [4.69, 9.17) is 8.83 Å². The highest BCUT2D eigenvalue weighted by Crippen LogP contribution is 2.46. The number of rotatable bonds is 3. The highest BCUT2D eigenvalue weighted by atomic mass is 16.3. The molecule has 0 aliphatic carbocycles. The fourth-order valence-corrected chi connectivity index (χ4v) is 9.27. The number of anilines is 3. The molecule has 246 valence electrons. The zero-order chi connectivity index (χ0) is 34.4. The Hall–Kier alpha value is -7.24. The monoisotopic (exact) mass is 677 g/mol. The molecule has 13 aromatic rings. The summed E-state index contributed by atoms with van der Waals surface area (Å²) in [5.74, 6) is 0. The fourth-order valence-electron chi connectivity index (χ4n) is 9.27. The molecule has 0 amide bonds. The minimum Gasteiger partial charge on any atom is -0.456 e. The average molecular weight is 678 g/mol. The molecule has 53 heavy (non-hydrogen) atoms. The van der Waals surface area contributed by atoms with Gasteiger partial charge in [0.25, 0.3) is 0 Å². The second kappa shape index (κ2) is 9.75. The van der Waals surface area contributed by atoms with Crippen molar-refractivity contribution in [1.29, 1.82) is 0 Å². The van der Waals surface area contributed by atoms with Crippen molar-refractivity contribution >= 4 is 116 Å². The van der Waals surface area contributed by atoms with Crippen LogP contribution < -0.4 is 4.90 Å². The molecule has 0 unspecified atom stereocenters. The van der Waals surface area contributed by atoms with E-state index >= 15 is 0 Å². The Labute approximate surface area is 301 Å². The van der Waals surface area contributed by atoms with E-state index in [1.165, 1.54) is 54.6 Å². The summed E-state index contributed by atoms with van der Waals surface area (Å²) in [4.78, 5) is 2.33. The smallest absolute Gasteiger partial charge is 0.136 e. The van der Waals surface area contributed by atoms with E-state index in [1.807, 2.05) is 12.1 Å². The van der Waals surface area contributed by atoms with E-state index in [9.17, 15) is 0 Å². The molecule has 5 aromatic heterocycles. The van der Waals surface area contributed by atoms with Crippen LogP contribution in [0.3, 0.4) is 0 Å². The van der Waals surface area contributed by atoms with Gasteiger partial charge in [-0.1, -0.05) is 78.9 Å². The van der Waals surface area contributed by atoms with E-state index in [0.29, 0.717) is 0 Å². The molecule has 5 heterocycles. The Morgan fingerprint density at radius 3 is 1.72 bits per heavy atom. The number of hydrogen-bond acceptors (Lipinski definition) is 3. The molecule has 0 saturated carbocycles. The third-order valence-electron chi connectivity index (χ3n) is 11.4. The zero-order valence-corrected chi connectivity index (χ0v) is 28.2. The molecule has 5 nitrogen and oxygen atoms in total. The van der Waals surface area contributed by atoms with Crippen molar-refractivity contribution in [2.45, 2.75) is 0 Å². The van der Waals surface area contributed by atoms with Crippen LogP contribution >= 0.6 is 0 Å². The molecule has 0 N–H and O–H groups in total. The van der Waals surface area contributed by atoms with Crippen molar-refractivity contribution < 1.29 is 8.83 Å². The SMILES string of the molecule is c1ccc(N(c2ccc3oc4ccccc4c3c2)c2ccc3oc4ccc5c(c6cccc7c6n5c5cccc6c8ccccc8n7c65)c4c3c2)cc1. The van der Waals surface area contributed by atoms with Gasteiger partial charge in [-0.25, -0.2) is 0 Å². The van der Waals surface area contributed by atoms with Gasteiger partial charge in [-0.3, -0.25) is 0 Å². The van der Waals surface area contributed by atoms with Crippen molar-refractivity contribution in [1.82, 2.24) is 8.80 Å². The van der Waals surface area contributed by atoms with Gasteiger partial charge in [0.05, 0.1) is 33.1 Å². The lowest BCUT2D eigenvalue weighted by atomic mass is 10.0. The first-order chi connectivity index (χ1) is 26.3. The molecular weight excluding hydrogens is 651 g/mol. The summed E-state index contributed by atoms with van der Waals surface area (Å²) in [6.45, 7) is 0. The number of aromatic nitrogens is 2. The highest BCUT2D eigenvalue weighted by Gasteiger charge is 2.24. The summed E-state index contributed by atoms with van der Waals surface area (Å²) in [5.41, 5.74) is 14.0. The lowest BCUT2D eigenvalue weighted by molar-refractivity contribution is 0.669. The van der Waals surface area contributed by atoms with Gasteiger partial charge < -0.3 is 22.5 Å². The zero-order valence-electron chi connectivity index (χ0n) is 28.2. The second-order valence-electron chi connectivity index (χ2n) is 14.1. The standard InChI is InChI=1S/C48H27N3O2/c1-2-10-28(11-3-1)49(29-20-23-42-35(26-29)32-13-5-7-19-41(32)52-42)30-21-24-43-36(27-30)46-44(53-43)25-22-38-45(46)34-15-9-18-40-48(34)51(38)39-17-8-14-33-31-12-4-6-16-37(31)50(40)47(33)39/h1-27H. The van der Waals surface area contributed by atoms with Crippen LogP contribution in [0.5, 0.6) is 0 Å². The first kappa shape index (κ1) is 27.5. The van der Waals surface area contributed by atoms with Crippen molar-refractivity contribution in [3.8, 4) is 0 Å². The minimum atomic E-state index is 0.867. The van der Waals surface area contributed by atoms with E-state index in [1.54, 1.807) is 0 Å². The summed E-state index contributed by atoms with van der Waals surface area (Å²) in [6, 6.07) is 58.5. The van der Waals surface area contributed by atoms with Crippen LogP contribution in [-0.4, -0.2) is 8.80 Å². The second-order valence-corrected chi connectivity index (χ2v) is 14.1. The van der Waals surface area contributed by atoms with Gasteiger partial charge in [0.15, 0.2) is 0 Å². The van der Waals surface area contributed by atoms with Crippen molar-refractivity contribution in [3.05, 3.63) is 164 Å². The Morgan fingerprint density at radius 2 is 0.887 bits per heavy atom. The van der Waals surface area contributed by atoms with E-state index < -0.39 is 0 Å². The normalized spacial score (nSPS) is 12.5. The minimum absolute atomic E-state index is 0.867. The van der Waals surface area contributed by atoms with Crippen LogP contribution in [0.1, 0.15) is 0 Å². The third kappa shape index (κ3) is 3.46. The first-order valence-corrected chi connectivity index (χ1v) is 18.0. The molecule has 13 rings (SSSR count). The number of benzene rings is 8. The molecule has 0 aliphatic heterocycles. The van der Waals surface area contributed by atoms with Crippen LogP contribution in [0.15, 0.2) is 173 Å². The van der Waals surface area contributed by atoms with Crippen LogP contribution in [0.2, 0.25) is 0 Å². The predicted molar refractivity (Wildman–Crippen MR) is 219 cm³/mol. The molecule has 8 aromatic carbocycles. The summed E-state index contributed by atoms with van der Waals surface area (Å²) >= 11 is 0. The van der Waals surface area contributed by atoms with E-state index in [2.05, 4.69) is 165 Å². The molecule has 0 aliphatic rings. The molecule has 0 fully saturated rings. The molecule has 0 spiro atoms. The van der Waals surface area contributed by atoms with E-state index in [0.717, 1.165) is 60.9 Å². The molecule has 0 radical (unpaired) electrons. The average Bonchev–Trinajstić information content (AvgIpc) is 3.96. The number of furan rings is 2. The largest absolute Gasteiger partial charge is 0.456 e. The molecular formula is C48H27N3O2. The van der Waals surface area contributed by atoms with Crippen molar-refractivity contribution in [3.63, 3.8) is 0 Å². The maximum Gasteiger partial charge on any atom is 0.136 e. The Morgan fingerprint density at radius 1 is 0.321 bits per heavy atom. The number of fused-ring (bicyclic) bond motifs is 15. The van der Waals surface area contributed by atoms with Crippen LogP contribution in [0, 0.1) is 0 Å². The maximum atomic E-state index is 6.66. The quantitative estimate of drug-likeness (QED) is 0.175. The van der Waals surface area contributed by atoms with Gasteiger partial charge in [0, 0.05) is 60.2 Å². The summed E-state index contributed by atoms with van der Waals surface area (Å²) < 4.78 is 17.8. The van der Waals surface area contributed by atoms with E-state index in [-0.39, 0.29) is 0 Å². The molecule has 5 heteroatoms. The summed E-state index contributed by atoms with van der Waals surface area (Å²) in [6.07, 6.45) is 0. The van der Waals surface area contributed by atoms with Gasteiger partial charge in [-0.2, -0.15) is 0 Å².